The summed E-state index contributed by atoms with van der Waals surface area (Å²) in [5.74, 6) is -0.263. The second-order valence-electron chi connectivity index (χ2n) is 7.18. The van der Waals surface area contributed by atoms with E-state index in [9.17, 15) is 10.1 Å². The topological polar surface area (TPSA) is 105 Å². The molecule has 1 atom stereocenters. The van der Waals surface area contributed by atoms with Crippen LogP contribution in [-0.4, -0.2) is 11.6 Å². The molecule has 2 aliphatic rings. The summed E-state index contributed by atoms with van der Waals surface area (Å²) in [4.78, 5) is 18.0. The predicted molar refractivity (Wildman–Crippen MR) is 111 cm³/mol. The number of nitrogens with two attached hydrogens (primary N) is 2. The molecule has 27 heavy (non-hydrogen) atoms. The molecule has 1 unspecified atom stereocenters. The maximum Gasteiger partial charge on any atom is 0.205 e. The fourth-order valence-electron chi connectivity index (χ4n) is 4.41. The Balaban J connectivity index is 1.86. The Labute approximate surface area is 170 Å². The molecule has 0 saturated heterocycles. The number of nitrogen functional groups attached to an aromatic ring is 1. The van der Waals surface area contributed by atoms with Gasteiger partial charge in [-0.2, -0.15) is 5.26 Å². The fourth-order valence-corrected chi connectivity index (χ4v) is 5.86. The lowest BCUT2D eigenvalue weighted by Crippen LogP contribution is -2.45. The van der Waals surface area contributed by atoms with Gasteiger partial charge in [-0.05, 0) is 37.1 Å². The molecule has 1 aromatic carbocycles. The van der Waals surface area contributed by atoms with Crippen molar-refractivity contribution >= 4 is 49.6 Å². The first-order valence-electron chi connectivity index (χ1n) is 8.94. The van der Waals surface area contributed by atoms with Gasteiger partial charge in [0.05, 0.1) is 11.8 Å². The predicted octanol–water partition coefficient (Wildman–Crippen LogP) is 4.67. The van der Waals surface area contributed by atoms with Gasteiger partial charge in [-0.25, -0.2) is 4.99 Å². The van der Waals surface area contributed by atoms with E-state index in [1.165, 1.54) is 11.3 Å². The minimum absolute atomic E-state index is 0.118. The van der Waals surface area contributed by atoms with E-state index in [4.69, 9.17) is 11.5 Å². The van der Waals surface area contributed by atoms with Crippen molar-refractivity contribution in [1.82, 2.24) is 0 Å². The maximum atomic E-state index is 13.1. The first kappa shape index (κ1) is 18.2. The Bertz CT molecular complexity index is 981. The smallest absolute Gasteiger partial charge is 0.205 e. The normalized spacial score (nSPS) is 20.6. The van der Waals surface area contributed by atoms with Crippen molar-refractivity contribution in [3.8, 4) is 6.07 Å². The third-order valence-corrected chi connectivity index (χ3v) is 7.32. The molecule has 1 aliphatic carbocycles. The Hall–Kier alpha value is -2.17. The summed E-state index contributed by atoms with van der Waals surface area (Å²) in [7, 11) is 0. The number of ketones is 1. The third-order valence-electron chi connectivity index (χ3n) is 5.69. The molecule has 1 fully saturated rings. The van der Waals surface area contributed by atoms with Crippen LogP contribution in [0.25, 0.3) is 0 Å². The highest BCUT2D eigenvalue weighted by Crippen LogP contribution is 2.56. The van der Waals surface area contributed by atoms with Crippen molar-refractivity contribution in [2.24, 2.45) is 16.6 Å². The number of nitrogens with zero attached hydrogens (tertiary/aromatic N) is 2. The zero-order valence-electron chi connectivity index (χ0n) is 14.7. The maximum absolute atomic E-state index is 13.1. The number of hydrogen-bond donors (Lipinski definition) is 2. The number of nitriles is 1. The van der Waals surface area contributed by atoms with E-state index in [2.05, 4.69) is 27.0 Å². The molecule has 1 aliphatic heterocycles. The molecule has 0 bridgehead atoms. The first-order chi connectivity index (χ1) is 13.0. The van der Waals surface area contributed by atoms with Crippen molar-refractivity contribution in [3.63, 3.8) is 0 Å². The monoisotopic (exact) mass is 442 g/mol. The second kappa shape index (κ2) is 6.77. The Morgan fingerprint density at radius 2 is 1.89 bits per heavy atom. The molecule has 1 aromatic heterocycles. The third kappa shape index (κ3) is 2.79. The highest BCUT2D eigenvalue weighted by Gasteiger charge is 2.50. The zero-order chi connectivity index (χ0) is 19.2. The Morgan fingerprint density at radius 1 is 1.22 bits per heavy atom. The number of halogens is 1. The molecule has 0 radical (unpaired) electrons. The number of rotatable bonds is 2. The molecule has 138 valence electrons. The van der Waals surface area contributed by atoms with Gasteiger partial charge in [0.15, 0.2) is 0 Å². The van der Waals surface area contributed by atoms with E-state index in [-0.39, 0.29) is 5.78 Å². The number of amidine groups is 1. The molecule has 1 saturated carbocycles. The fraction of sp³-hybridized carbons (Fsp3) is 0.350. The van der Waals surface area contributed by atoms with Crippen LogP contribution >= 0.6 is 27.3 Å². The van der Waals surface area contributed by atoms with Crippen LogP contribution in [0.2, 0.25) is 0 Å². The van der Waals surface area contributed by atoms with E-state index in [0.29, 0.717) is 27.0 Å². The van der Waals surface area contributed by atoms with Crippen LogP contribution in [0.5, 0.6) is 0 Å². The number of thiophene rings is 1. The van der Waals surface area contributed by atoms with Gasteiger partial charge < -0.3 is 11.5 Å². The van der Waals surface area contributed by atoms with Crippen molar-refractivity contribution in [2.45, 2.75) is 37.5 Å². The summed E-state index contributed by atoms with van der Waals surface area (Å²) in [5.41, 5.74) is 14.2. The standard InChI is InChI=1S/C20H19BrN4OS/c21-12-6-4-11(5-7-12)16(26)17-15(23)14-19(27-17)25-18(24)13(10-22)20(14)8-2-1-3-9-20/h4-7,13H,1-3,8-9,23H2,(H2,24,25). The van der Waals surface area contributed by atoms with Gasteiger partial charge in [0.2, 0.25) is 5.78 Å². The molecular formula is C20H19BrN4OS. The van der Waals surface area contributed by atoms with Gasteiger partial charge in [0.25, 0.3) is 0 Å². The summed E-state index contributed by atoms with van der Waals surface area (Å²) in [6, 6.07) is 9.58. The highest BCUT2D eigenvalue weighted by atomic mass is 79.9. The van der Waals surface area contributed by atoms with Crippen LogP contribution < -0.4 is 11.5 Å². The van der Waals surface area contributed by atoms with Gasteiger partial charge in [0, 0.05) is 21.0 Å². The lowest BCUT2D eigenvalue weighted by Gasteiger charge is -2.42. The molecule has 4 N–H and O–H groups in total. The second-order valence-corrected chi connectivity index (χ2v) is 9.09. The van der Waals surface area contributed by atoms with E-state index in [1.807, 2.05) is 12.1 Å². The van der Waals surface area contributed by atoms with Crippen molar-refractivity contribution in [2.75, 3.05) is 5.73 Å². The SMILES string of the molecule is N#CC1C(N)=Nc2sc(C(=O)c3ccc(Br)cc3)c(N)c2C12CCCCC2. The number of carbonyl (C=O) groups excluding carboxylic acids is 1. The molecule has 4 rings (SSSR count). The van der Waals surface area contributed by atoms with E-state index in [1.54, 1.807) is 12.1 Å². The van der Waals surface area contributed by atoms with Crippen molar-refractivity contribution < 1.29 is 4.79 Å². The van der Waals surface area contributed by atoms with E-state index >= 15 is 0 Å². The minimum atomic E-state index is -0.488. The van der Waals surface area contributed by atoms with E-state index in [0.717, 1.165) is 42.1 Å². The summed E-state index contributed by atoms with van der Waals surface area (Å²) < 4.78 is 0.910. The van der Waals surface area contributed by atoms with Gasteiger partial charge >= 0.3 is 0 Å². The molecule has 5 nitrogen and oxygen atoms in total. The average Bonchev–Trinajstić information content (AvgIpc) is 2.99. The Kier molecular flexibility index (Phi) is 4.57. The van der Waals surface area contributed by atoms with E-state index < -0.39 is 11.3 Å². The molecule has 2 heterocycles. The molecule has 0 amide bonds. The number of aliphatic imine (C=N–C) groups is 1. The largest absolute Gasteiger partial charge is 0.397 e. The number of anilines is 1. The lowest BCUT2D eigenvalue weighted by molar-refractivity contribution is 0.104. The van der Waals surface area contributed by atoms with Crippen LogP contribution in [0.1, 0.15) is 52.9 Å². The van der Waals surface area contributed by atoms with Crippen LogP contribution in [0.4, 0.5) is 10.7 Å². The molecule has 2 aromatic rings. The minimum Gasteiger partial charge on any atom is -0.397 e. The van der Waals surface area contributed by atoms with Crippen molar-refractivity contribution in [3.05, 3.63) is 44.7 Å². The number of benzene rings is 1. The number of fused-ring (bicyclic) bond motifs is 2. The van der Waals surface area contributed by atoms with Crippen LogP contribution in [0.15, 0.2) is 33.7 Å². The number of hydrogen-bond acceptors (Lipinski definition) is 6. The Morgan fingerprint density at radius 3 is 2.52 bits per heavy atom. The number of carbonyl (C=O) groups is 1. The highest BCUT2D eigenvalue weighted by molar-refractivity contribution is 9.10. The lowest BCUT2D eigenvalue weighted by atomic mass is 9.61. The molecule has 1 spiro atoms. The van der Waals surface area contributed by atoms with Gasteiger partial charge in [-0.1, -0.05) is 35.2 Å². The quantitative estimate of drug-likeness (QED) is 0.658. The van der Waals surface area contributed by atoms with Gasteiger partial charge in [0.1, 0.15) is 21.6 Å². The summed E-state index contributed by atoms with van der Waals surface area (Å²) in [6.45, 7) is 0. The van der Waals surface area contributed by atoms with Crippen LogP contribution in [0.3, 0.4) is 0 Å². The van der Waals surface area contributed by atoms with Gasteiger partial charge in [-0.3, -0.25) is 4.79 Å². The van der Waals surface area contributed by atoms with Crippen LogP contribution in [0, 0.1) is 17.2 Å². The van der Waals surface area contributed by atoms with Gasteiger partial charge in [-0.15, -0.1) is 11.3 Å². The summed E-state index contributed by atoms with van der Waals surface area (Å²) in [6.07, 6.45) is 4.88. The summed E-state index contributed by atoms with van der Waals surface area (Å²) >= 11 is 4.67. The molecular weight excluding hydrogens is 424 g/mol. The van der Waals surface area contributed by atoms with Crippen LogP contribution in [-0.2, 0) is 5.41 Å². The summed E-state index contributed by atoms with van der Waals surface area (Å²) in [5, 5.41) is 10.5. The molecule has 7 heteroatoms. The average molecular weight is 443 g/mol. The van der Waals surface area contributed by atoms with Crippen molar-refractivity contribution in [1.29, 1.82) is 5.26 Å². The first-order valence-corrected chi connectivity index (χ1v) is 10.6. The zero-order valence-corrected chi connectivity index (χ0v) is 17.1.